The van der Waals surface area contributed by atoms with E-state index < -0.39 is 0 Å². The van der Waals surface area contributed by atoms with E-state index >= 15 is 0 Å². The standard InChI is InChI=1S/C12H17NOS/c1-9-4-5-11(6-10(9)2)7-13(3)12(14)8-15/h4-6,15H,7-8H2,1-3H3. The van der Waals surface area contributed by atoms with Crippen LogP contribution in [-0.2, 0) is 11.3 Å². The second-order valence-electron chi connectivity index (χ2n) is 3.83. The minimum atomic E-state index is 0.0524. The minimum absolute atomic E-state index is 0.0524. The summed E-state index contributed by atoms with van der Waals surface area (Å²) in [5, 5.41) is 0. The number of aryl methyl sites for hydroxylation is 2. The van der Waals surface area contributed by atoms with E-state index in [2.05, 4.69) is 44.7 Å². The Morgan fingerprint density at radius 3 is 2.53 bits per heavy atom. The van der Waals surface area contributed by atoms with Gasteiger partial charge in [0.1, 0.15) is 0 Å². The van der Waals surface area contributed by atoms with E-state index in [4.69, 9.17) is 0 Å². The first-order valence-corrected chi connectivity index (χ1v) is 5.58. The predicted molar refractivity (Wildman–Crippen MR) is 66.2 cm³/mol. The third-order valence-corrected chi connectivity index (χ3v) is 2.82. The van der Waals surface area contributed by atoms with Crippen molar-refractivity contribution in [3.05, 3.63) is 34.9 Å². The van der Waals surface area contributed by atoms with Gasteiger partial charge in [-0.15, -0.1) is 0 Å². The number of nitrogens with zero attached hydrogens (tertiary/aromatic N) is 1. The number of rotatable bonds is 3. The molecule has 0 heterocycles. The van der Waals surface area contributed by atoms with Crippen LogP contribution >= 0.6 is 12.6 Å². The summed E-state index contributed by atoms with van der Waals surface area (Å²) in [4.78, 5) is 13.0. The summed E-state index contributed by atoms with van der Waals surface area (Å²) in [6.07, 6.45) is 0. The molecule has 0 aliphatic heterocycles. The Labute approximate surface area is 96.7 Å². The number of hydrogen-bond acceptors (Lipinski definition) is 2. The van der Waals surface area contributed by atoms with Gasteiger partial charge in [-0.3, -0.25) is 4.79 Å². The number of amides is 1. The second-order valence-corrected chi connectivity index (χ2v) is 4.14. The van der Waals surface area contributed by atoms with Gasteiger partial charge < -0.3 is 4.90 Å². The molecule has 1 aromatic carbocycles. The topological polar surface area (TPSA) is 20.3 Å². The van der Waals surface area contributed by atoms with Gasteiger partial charge in [0.25, 0.3) is 0 Å². The number of thiol groups is 1. The average Bonchev–Trinajstić information content (AvgIpc) is 2.22. The van der Waals surface area contributed by atoms with Crippen molar-refractivity contribution in [2.75, 3.05) is 12.8 Å². The van der Waals surface area contributed by atoms with E-state index in [1.807, 2.05) is 0 Å². The minimum Gasteiger partial charge on any atom is -0.341 e. The van der Waals surface area contributed by atoms with Crippen LogP contribution < -0.4 is 0 Å². The molecule has 1 amide bonds. The third-order valence-electron chi connectivity index (χ3n) is 2.55. The molecule has 0 aliphatic rings. The van der Waals surface area contributed by atoms with Gasteiger partial charge >= 0.3 is 0 Å². The highest BCUT2D eigenvalue weighted by Crippen LogP contribution is 2.11. The van der Waals surface area contributed by atoms with Crippen molar-refractivity contribution in [1.29, 1.82) is 0 Å². The first-order chi connectivity index (χ1) is 7.04. The first kappa shape index (κ1) is 12.1. The Morgan fingerprint density at radius 2 is 2.00 bits per heavy atom. The predicted octanol–water partition coefficient (Wildman–Crippen LogP) is 2.19. The van der Waals surface area contributed by atoms with E-state index in [0.29, 0.717) is 6.54 Å². The van der Waals surface area contributed by atoms with Gasteiger partial charge in [-0.25, -0.2) is 0 Å². The number of carbonyl (C=O) groups is 1. The molecular formula is C12H17NOS. The van der Waals surface area contributed by atoms with Gasteiger partial charge in [0.2, 0.25) is 5.91 Å². The lowest BCUT2D eigenvalue weighted by molar-refractivity contribution is -0.127. The highest BCUT2D eigenvalue weighted by atomic mass is 32.1. The molecule has 0 radical (unpaired) electrons. The van der Waals surface area contributed by atoms with Crippen molar-refractivity contribution < 1.29 is 4.79 Å². The molecule has 15 heavy (non-hydrogen) atoms. The van der Waals surface area contributed by atoms with E-state index in [1.54, 1.807) is 11.9 Å². The normalized spacial score (nSPS) is 10.1. The molecule has 0 N–H and O–H groups in total. The molecule has 2 nitrogen and oxygen atoms in total. The summed E-state index contributed by atoms with van der Waals surface area (Å²) in [6.45, 7) is 4.82. The van der Waals surface area contributed by atoms with Gasteiger partial charge in [-0.05, 0) is 30.5 Å². The lowest BCUT2D eigenvalue weighted by atomic mass is 10.1. The molecule has 1 rings (SSSR count). The van der Waals surface area contributed by atoms with E-state index in [9.17, 15) is 4.79 Å². The third kappa shape index (κ3) is 3.27. The van der Waals surface area contributed by atoms with Crippen molar-refractivity contribution in [3.8, 4) is 0 Å². The smallest absolute Gasteiger partial charge is 0.232 e. The van der Waals surface area contributed by atoms with Crippen molar-refractivity contribution >= 4 is 18.5 Å². The summed E-state index contributed by atoms with van der Waals surface area (Å²) in [5.74, 6) is 0.318. The van der Waals surface area contributed by atoms with E-state index in [1.165, 1.54) is 11.1 Å². The molecule has 0 spiro atoms. The molecule has 0 bridgehead atoms. The zero-order valence-electron chi connectivity index (χ0n) is 9.45. The van der Waals surface area contributed by atoms with Crippen LogP contribution in [0.5, 0.6) is 0 Å². The van der Waals surface area contributed by atoms with Crippen LogP contribution in [0.4, 0.5) is 0 Å². The van der Waals surface area contributed by atoms with Crippen LogP contribution in [0.25, 0.3) is 0 Å². The van der Waals surface area contributed by atoms with Crippen molar-refractivity contribution in [2.24, 2.45) is 0 Å². The Kier molecular flexibility index (Phi) is 4.21. The summed E-state index contributed by atoms with van der Waals surface area (Å²) in [6, 6.07) is 6.27. The zero-order chi connectivity index (χ0) is 11.4. The summed E-state index contributed by atoms with van der Waals surface area (Å²) in [5.41, 5.74) is 3.71. The van der Waals surface area contributed by atoms with Crippen LogP contribution in [0.3, 0.4) is 0 Å². The molecule has 82 valence electrons. The highest BCUT2D eigenvalue weighted by molar-refractivity contribution is 7.81. The average molecular weight is 223 g/mol. The van der Waals surface area contributed by atoms with E-state index in [-0.39, 0.29) is 11.7 Å². The molecule has 0 saturated carbocycles. The Morgan fingerprint density at radius 1 is 1.33 bits per heavy atom. The monoisotopic (exact) mass is 223 g/mol. The fourth-order valence-electron chi connectivity index (χ4n) is 1.38. The fraction of sp³-hybridized carbons (Fsp3) is 0.417. The largest absolute Gasteiger partial charge is 0.341 e. The van der Waals surface area contributed by atoms with Crippen molar-refractivity contribution in [2.45, 2.75) is 20.4 Å². The number of carbonyl (C=O) groups excluding carboxylic acids is 1. The maximum Gasteiger partial charge on any atom is 0.232 e. The molecule has 0 saturated heterocycles. The summed E-state index contributed by atoms with van der Waals surface area (Å²) >= 11 is 3.97. The first-order valence-electron chi connectivity index (χ1n) is 4.95. The van der Waals surface area contributed by atoms with Crippen LogP contribution in [0.1, 0.15) is 16.7 Å². The molecule has 0 aromatic heterocycles. The summed E-state index contributed by atoms with van der Waals surface area (Å²) < 4.78 is 0. The van der Waals surface area contributed by atoms with Crippen LogP contribution in [0.15, 0.2) is 18.2 Å². The van der Waals surface area contributed by atoms with Crippen LogP contribution in [-0.4, -0.2) is 23.6 Å². The van der Waals surface area contributed by atoms with Crippen LogP contribution in [0, 0.1) is 13.8 Å². The van der Waals surface area contributed by atoms with Gasteiger partial charge in [-0.1, -0.05) is 18.2 Å². The van der Waals surface area contributed by atoms with E-state index in [0.717, 1.165) is 5.56 Å². The van der Waals surface area contributed by atoms with Crippen LogP contribution in [0.2, 0.25) is 0 Å². The maximum atomic E-state index is 11.3. The summed E-state index contributed by atoms with van der Waals surface area (Å²) in [7, 11) is 1.80. The van der Waals surface area contributed by atoms with Gasteiger partial charge in [0, 0.05) is 13.6 Å². The molecule has 3 heteroatoms. The van der Waals surface area contributed by atoms with Gasteiger partial charge in [0.15, 0.2) is 0 Å². The highest BCUT2D eigenvalue weighted by Gasteiger charge is 2.06. The Balaban J connectivity index is 2.73. The lowest BCUT2D eigenvalue weighted by Gasteiger charge is -2.16. The SMILES string of the molecule is Cc1ccc(CN(C)C(=O)CS)cc1C. The van der Waals surface area contributed by atoms with Crippen molar-refractivity contribution in [1.82, 2.24) is 4.90 Å². The zero-order valence-corrected chi connectivity index (χ0v) is 10.3. The molecule has 0 fully saturated rings. The van der Waals surface area contributed by atoms with Gasteiger partial charge in [-0.2, -0.15) is 12.6 Å². The molecule has 0 aliphatic carbocycles. The maximum absolute atomic E-state index is 11.3. The number of benzene rings is 1. The molecule has 0 atom stereocenters. The van der Waals surface area contributed by atoms with Crippen molar-refractivity contribution in [3.63, 3.8) is 0 Å². The Bertz CT molecular complexity index is 363. The Hall–Kier alpha value is -0.960. The quantitative estimate of drug-likeness (QED) is 0.779. The second kappa shape index (κ2) is 5.21. The molecule has 0 unspecified atom stereocenters. The molecular weight excluding hydrogens is 206 g/mol. The molecule has 1 aromatic rings. The van der Waals surface area contributed by atoms with Gasteiger partial charge in [0.05, 0.1) is 5.75 Å². The lowest BCUT2D eigenvalue weighted by Crippen LogP contribution is -2.27. The number of hydrogen-bond donors (Lipinski definition) is 1. The fourth-order valence-corrected chi connectivity index (χ4v) is 1.63.